The molecule has 3 atom stereocenters. The van der Waals surface area contributed by atoms with Crippen LogP contribution in [0.5, 0.6) is 0 Å². The monoisotopic (exact) mass is 251 g/mol. The van der Waals surface area contributed by atoms with Crippen molar-refractivity contribution in [3.05, 3.63) is 22.4 Å². The lowest BCUT2D eigenvalue weighted by molar-refractivity contribution is -0.121. The maximum Gasteiger partial charge on any atom is 0.225 e. The van der Waals surface area contributed by atoms with E-state index in [1.165, 1.54) is 12.8 Å². The second-order valence-electron chi connectivity index (χ2n) is 5.20. The summed E-state index contributed by atoms with van der Waals surface area (Å²) in [6.07, 6.45) is 4.23. The van der Waals surface area contributed by atoms with E-state index in [1.54, 1.807) is 11.3 Å². The number of rotatable bonds is 3. The van der Waals surface area contributed by atoms with E-state index >= 15 is 0 Å². The zero-order valence-corrected chi connectivity index (χ0v) is 11.4. The molecule has 1 fully saturated rings. The van der Waals surface area contributed by atoms with Crippen LogP contribution >= 0.6 is 11.3 Å². The third kappa shape index (κ3) is 3.32. The zero-order valence-electron chi connectivity index (χ0n) is 10.6. The van der Waals surface area contributed by atoms with Crippen LogP contribution in [0.2, 0.25) is 0 Å². The van der Waals surface area contributed by atoms with Crippen molar-refractivity contribution in [1.29, 1.82) is 0 Å². The van der Waals surface area contributed by atoms with Crippen molar-refractivity contribution >= 4 is 17.2 Å². The minimum Gasteiger partial charge on any atom is -0.353 e. The molecule has 0 unspecified atom stereocenters. The number of carbonyl (C=O) groups is 1. The van der Waals surface area contributed by atoms with Gasteiger partial charge in [0.2, 0.25) is 5.91 Å². The van der Waals surface area contributed by atoms with Gasteiger partial charge in [0.25, 0.3) is 0 Å². The van der Waals surface area contributed by atoms with E-state index in [2.05, 4.69) is 19.2 Å². The van der Waals surface area contributed by atoms with Crippen LogP contribution in [-0.2, 0) is 11.2 Å². The third-order valence-electron chi connectivity index (χ3n) is 3.97. The largest absolute Gasteiger partial charge is 0.353 e. The molecular weight excluding hydrogens is 230 g/mol. The summed E-state index contributed by atoms with van der Waals surface area (Å²) in [6, 6.07) is 4.40. The van der Waals surface area contributed by atoms with Gasteiger partial charge in [0.15, 0.2) is 0 Å². The summed E-state index contributed by atoms with van der Waals surface area (Å²) in [5.74, 6) is 1.52. The van der Waals surface area contributed by atoms with Gasteiger partial charge >= 0.3 is 0 Å². The highest BCUT2D eigenvalue weighted by Crippen LogP contribution is 2.29. The molecule has 1 aromatic heterocycles. The molecule has 2 nitrogen and oxygen atoms in total. The summed E-state index contributed by atoms with van der Waals surface area (Å²) in [5, 5.41) is 5.23. The molecule has 0 spiro atoms. The number of carbonyl (C=O) groups excluding carboxylic acids is 1. The summed E-state index contributed by atoms with van der Waals surface area (Å²) in [7, 11) is 0. The Morgan fingerprint density at radius 1 is 1.47 bits per heavy atom. The van der Waals surface area contributed by atoms with Gasteiger partial charge in [0.1, 0.15) is 0 Å². The normalized spacial score (nSPS) is 28.9. The average Bonchev–Trinajstić information content (AvgIpc) is 2.77. The van der Waals surface area contributed by atoms with Gasteiger partial charge in [0.05, 0.1) is 6.42 Å². The summed E-state index contributed by atoms with van der Waals surface area (Å²) < 4.78 is 0. The first kappa shape index (κ1) is 12.6. The Morgan fingerprint density at radius 3 is 3.00 bits per heavy atom. The van der Waals surface area contributed by atoms with Crippen molar-refractivity contribution in [2.45, 2.75) is 45.6 Å². The first-order valence-corrected chi connectivity index (χ1v) is 7.36. The Morgan fingerprint density at radius 2 is 2.29 bits per heavy atom. The van der Waals surface area contributed by atoms with E-state index in [4.69, 9.17) is 0 Å². The van der Waals surface area contributed by atoms with E-state index in [9.17, 15) is 4.79 Å². The fourth-order valence-corrected chi connectivity index (χ4v) is 3.32. The molecule has 0 radical (unpaired) electrons. The van der Waals surface area contributed by atoms with Crippen molar-refractivity contribution in [1.82, 2.24) is 5.32 Å². The van der Waals surface area contributed by atoms with Crippen LogP contribution < -0.4 is 5.32 Å². The fourth-order valence-electron chi connectivity index (χ4n) is 2.61. The minimum absolute atomic E-state index is 0.179. The van der Waals surface area contributed by atoms with Gasteiger partial charge in [-0.2, -0.15) is 0 Å². The Balaban J connectivity index is 1.85. The molecule has 0 bridgehead atoms. The smallest absolute Gasteiger partial charge is 0.225 e. The topological polar surface area (TPSA) is 29.1 Å². The van der Waals surface area contributed by atoms with Crippen molar-refractivity contribution in [3.8, 4) is 0 Å². The number of hydrogen-bond donors (Lipinski definition) is 1. The highest BCUT2D eigenvalue weighted by Gasteiger charge is 2.27. The fraction of sp³-hybridized carbons (Fsp3) is 0.643. The standard InChI is InChI=1S/C14H21NOS/c1-10-5-3-7-13(11(10)2)15-14(16)9-12-6-4-8-17-12/h4,6,8,10-11,13H,3,5,7,9H2,1-2H3,(H,15,16)/t10-,11+,13-/m1/s1. The van der Waals surface area contributed by atoms with Crippen LogP contribution in [-0.4, -0.2) is 11.9 Å². The number of nitrogens with one attached hydrogen (secondary N) is 1. The maximum absolute atomic E-state index is 11.9. The van der Waals surface area contributed by atoms with Crippen LogP contribution in [0.1, 0.15) is 38.0 Å². The molecule has 0 aromatic carbocycles. The first-order chi connectivity index (χ1) is 8.16. The molecule has 17 heavy (non-hydrogen) atoms. The molecule has 1 saturated carbocycles. The van der Waals surface area contributed by atoms with Gasteiger partial charge in [-0.05, 0) is 29.7 Å². The maximum atomic E-state index is 11.9. The van der Waals surface area contributed by atoms with Crippen LogP contribution in [0.25, 0.3) is 0 Å². The van der Waals surface area contributed by atoms with Crippen molar-refractivity contribution < 1.29 is 4.79 Å². The van der Waals surface area contributed by atoms with E-state index in [0.717, 1.165) is 17.2 Å². The molecule has 1 aliphatic rings. The van der Waals surface area contributed by atoms with Crippen LogP contribution in [0.15, 0.2) is 17.5 Å². The molecule has 1 N–H and O–H groups in total. The van der Waals surface area contributed by atoms with Gasteiger partial charge in [-0.25, -0.2) is 0 Å². The molecule has 0 saturated heterocycles. The van der Waals surface area contributed by atoms with E-state index in [1.807, 2.05) is 17.5 Å². The van der Waals surface area contributed by atoms with E-state index in [-0.39, 0.29) is 5.91 Å². The van der Waals surface area contributed by atoms with E-state index in [0.29, 0.717) is 18.4 Å². The van der Waals surface area contributed by atoms with Gasteiger partial charge < -0.3 is 5.32 Å². The first-order valence-electron chi connectivity index (χ1n) is 6.48. The number of hydrogen-bond acceptors (Lipinski definition) is 2. The third-order valence-corrected chi connectivity index (χ3v) is 4.84. The van der Waals surface area contributed by atoms with Crippen molar-refractivity contribution in [2.75, 3.05) is 0 Å². The van der Waals surface area contributed by atoms with Crippen LogP contribution in [0, 0.1) is 11.8 Å². The Labute approximate surface area is 107 Å². The lowest BCUT2D eigenvalue weighted by Gasteiger charge is -2.34. The van der Waals surface area contributed by atoms with Gasteiger partial charge in [0, 0.05) is 10.9 Å². The zero-order chi connectivity index (χ0) is 12.3. The average molecular weight is 251 g/mol. The molecule has 1 aliphatic carbocycles. The molecular formula is C14H21NOS. The van der Waals surface area contributed by atoms with Crippen LogP contribution in [0.4, 0.5) is 0 Å². The highest BCUT2D eigenvalue weighted by molar-refractivity contribution is 7.10. The lowest BCUT2D eigenvalue weighted by atomic mass is 9.78. The summed E-state index contributed by atoms with van der Waals surface area (Å²) in [4.78, 5) is 13.1. The SMILES string of the molecule is C[C@H]1[C@H](C)CCC[C@H]1NC(=O)Cc1cccs1. The second kappa shape index (κ2) is 5.67. The Hall–Kier alpha value is -0.830. The summed E-state index contributed by atoms with van der Waals surface area (Å²) in [5.41, 5.74) is 0. The van der Waals surface area contributed by atoms with E-state index < -0.39 is 0 Å². The second-order valence-corrected chi connectivity index (χ2v) is 6.23. The Kier molecular flexibility index (Phi) is 4.21. The molecule has 2 rings (SSSR count). The summed E-state index contributed by atoms with van der Waals surface area (Å²) in [6.45, 7) is 4.56. The van der Waals surface area contributed by atoms with Crippen molar-refractivity contribution in [3.63, 3.8) is 0 Å². The predicted molar refractivity (Wildman–Crippen MR) is 72.1 cm³/mol. The molecule has 1 amide bonds. The van der Waals surface area contributed by atoms with Crippen LogP contribution in [0.3, 0.4) is 0 Å². The molecule has 1 heterocycles. The summed E-state index contributed by atoms with van der Waals surface area (Å²) >= 11 is 1.65. The Bertz CT molecular complexity index is 360. The van der Waals surface area contributed by atoms with Gasteiger partial charge in [-0.1, -0.05) is 32.8 Å². The van der Waals surface area contributed by atoms with Gasteiger partial charge in [-0.3, -0.25) is 4.79 Å². The molecule has 94 valence electrons. The lowest BCUT2D eigenvalue weighted by Crippen LogP contribution is -2.44. The number of amides is 1. The van der Waals surface area contributed by atoms with Gasteiger partial charge in [-0.15, -0.1) is 11.3 Å². The highest BCUT2D eigenvalue weighted by atomic mass is 32.1. The molecule has 0 aliphatic heterocycles. The quantitative estimate of drug-likeness (QED) is 0.878. The predicted octanol–water partition coefficient (Wildman–Crippen LogP) is 3.23. The minimum atomic E-state index is 0.179. The number of thiophene rings is 1. The van der Waals surface area contributed by atoms with Crippen molar-refractivity contribution in [2.24, 2.45) is 11.8 Å². The molecule has 3 heteroatoms. The molecule has 1 aromatic rings.